The molecule has 4 rings (SSSR count). The van der Waals surface area contributed by atoms with Crippen LogP contribution in [0.1, 0.15) is 29.6 Å². The number of rotatable bonds is 8. The monoisotopic (exact) mass is 474 g/mol. The lowest BCUT2D eigenvalue weighted by Crippen LogP contribution is -2.39. The molecule has 1 aromatic heterocycles. The van der Waals surface area contributed by atoms with E-state index in [-0.39, 0.29) is 16.1 Å². The summed E-state index contributed by atoms with van der Waals surface area (Å²) in [5.41, 5.74) is 0.121. The molecule has 1 aromatic carbocycles. The number of ether oxygens (including phenoxy) is 1. The Morgan fingerprint density at radius 1 is 1.12 bits per heavy atom. The Morgan fingerprint density at radius 2 is 1.82 bits per heavy atom. The highest BCUT2D eigenvalue weighted by molar-refractivity contribution is 7.92. The van der Waals surface area contributed by atoms with Crippen LogP contribution in [0.15, 0.2) is 47.5 Å². The number of piperidine rings is 1. The minimum Gasteiger partial charge on any atom is -0.478 e. The standard InChI is InChI=1S/C23H30N4O5S/c28-23(29)21-16-19(25-33(30,31)20-4-2-1-3-5-20)17-24-22(21)27-10-7-18(8-11-27)6-9-26-12-14-32-15-13-26/h1-5,16-18,25H,6-15H2,(H,28,29). The molecule has 0 saturated carbocycles. The van der Waals surface area contributed by atoms with Gasteiger partial charge in [-0.05, 0) is 49.9 Å². The molecule has 2 aromatic rings. The molecule has 2 N–H and O–H groups in total. The molecular weight excluding hydrogens is 444 g/mol. The Labute approximate surface area is 194 Å². The predicted molar refractivity (Wildman–Crippen MR) is 125 cm³/mol. The van der Waals surface area contributed by atoms with Gasteiger partial charge < -0.3 is 14.7 Å². The van der Waals surface area contributed by atoms with Crippen molar-refractivity contribution in [2.45, 2.75) is 24.2 Å². The van der Waals surface area contributed by atoms with Crippen molar-refractivity contribution in [1.82, 2.24) is 9.88 Å². The third kappa shape index (κ3) is 6.01. The molecule has 2 fully saturated rings. The van der Waals surface area contributed by atoms with Gasteiger partial charge in [-0.1, -0.05) is 18.2 Å². The highest BCUT2D eigenvalue weighted by Gasteiger charge is 2.25. The van der Waals surface area contributed by atoms with Crippen LogP contribution in [0.5, 0.6) is 0 Å². The number of carbonyl (C=O) groups is 1. The SMILES string of the molecule is O=C(O)c1cc(NS(=O)(=O)c2ccccc2)cnc1N1CCC(CCN2CCOCC2)CC1. The summed E-state index contributed by atoms with van der Waals surface area (Å²) in [6.45, 7) is 6.13. The number of anilines is 2. The van der Waals surface area contributed by atoms with E-state index in [9.17, 15) is 18.3 Å². The Morgan fingerprint density at radius 3 is 2.48 bits per heavy atom. The molecule has 0 radical (unpaired) electrons. The number of benzene rings is 1. The Bertz CT molecular complexity index is 1050. The van der Waals surface area contributed by atoms with Gasteiger partial charge in [-0.2, -0.15) is 0 Å². The smallest absolute Gasteiger partial charge is 0.339 e. The van der Waals surface area contributed by atoms with Crippen molar-refractivity contribution in [3.05, 3.63) is 48.2 Å². The number of carboxylic acid groups (broad SMARTS) is 1. The zero-order valence-electron chi connectivity index (χ0n) is 18.5. The van der Waals surface area contributed by atoms with Gasteiger partial charge in [0.05, 0.1) is 30.0 Å². The van der Waals surface area contributed by atoms with E-state index in [0.717, 1.165) is 65.2 Å². The Balaban J connectivity index is 1.39. The zero-order chi connectivity index (χ0) is 23.3. The number of aromatic carboxylic acids is 1. The first kappa shape index (κ1) is 23.5. The summed E-state index contributed by atoms with van der Waals surface area (Å²) in [7, 11) is -3.82. The van der Waals surface area contributed by atoms with Crippen LogP contribution in [0.3, 0.4) is 0 Å². The lowest BCUT2D eigenvalue weighted by molar-refractivity contribution is 0.0349. The molecule has 9 nitrogen and oxygen atoms in total. The Hall–Kier alpha value is -2.69. The van der Waals surface area contributed by atoms with Gasteiger partial charge >= 0.3 is 5.97 Å². The third-order valence-corrected chi connectivity index (χ3v) is 7.67. The van der Waals surface area contributed by atoms with E-state index < -0.39 is 16.0 Å². The molecule has 0 bridgehead atoms. The predicted octanol–water partition coefficient (Wildman–Crippen LogP) is 2.52. The molecule has 2 saturated heterocycles. The van der Waals surface area contributed by atoms with Crippen molar-refractivity contribution in [3.8, 4) is 0 Å². The second kappa shape index (κ2) is 10.5. The molecule has 0 atom stereocenters. The summed E-state index contributed by atoms with van der Waals surface area (Å²) in [5, 5.41) is 9.76. The quantitative estimate of drug-likeness (QED) is 0.600. The number of pyridine rings is 1. The van der Waals surface area contributed by atoms with Crippen LogP contribution >= 0.6 is 0 Å². The van der Waals surface area contributed by atoms with Gasteiger partial charge in [0, 0.05) is 26.2 Å². The summed E-state index contributed by atoms with van der Waals surface area (Å²) < 4.78 is 33.0. The molecule has 0 unspecified atom stereocenters. The molecule has 10 heteroatoms. The van der Waals surface area contributed by atoms with Crippen molar-refractivity contribution in [2.75, 3.05) is 55.6 Å². The molecule has 0 aliphatic carbocycles. The largest absolute Gasteiger partial charge is 0.478 e. The molecule has 178 valence electrons. The van der Waals surface area contributed by atoms with Gasteiger partial charge in [0.1, 0.15) is 11.4 Å². The second-order valence-corrected chi connectivity index (χ2v) is 10.2. The van der Waals surface area contributed by atoms with Gasteiger partial charge in [0.2, 0.25) is 0 Å². The number of nitrogens with zero attached hydrogens (tertiary/aromatic N) is 3. The Kier molecular flexibility index (Phi) is 7.46. The summed E-state index contributed by atoms with van der Waals surface area (Å²) in [5.74, 6) is -0.140. The van der Waals surface area contributed by atoms with E-state index in [1.165, 1.54) is 24.4 Å². The van der Waals surface area contributed by atoms with Crippen LogP contribution in [0.4, 0.5) is 11.5 Å². The highest BCUT2D eigenvalue weighted by Crippen LogP contribution is 2.28. The maximum atomic E-state index is 12.6. The molecule has 0 amide bonds. The lowest BCUT2D eigenvalue weighted by atomic mass is 9.93. The summed E-state index contributed by atoms with van der Waals surface area (Å²) >= 11 is 0. The summed E-state index contributed by atoms with van der Waals surface area (Å²) in [6.07, 6.45) is 4.47. The average molecular weight is 475 g/mol. The fourth-order valence-electron chi connectivity index (χ4n) is 4.36. The number of sulfonamides is 1. The number of nitrogens with one attached hydrogen (secondary N) is 1. The maximum Gasteiger partial charge on any atom is 0.339 e. The van der Waals surface area contributed by atoms with Crippen LogP contribution in [0.2, 0.25) is 0 Å². The minimum atomic E-state index is -3.82. The van der Waals surface area contributed by atoms with Crippen molar-refractivity contribution < 1.29 is 23.1 Å². The number of carboxylic acids is 1. The second-order valence-electron chi connectivity index (χ2n) is 8.49. The third-order valence-electron chi connectivity index (χ3n) is 6.27. The van der Waals surface area contributed by atoms with Gasteiger partial charge in [-0.25, -0.2) is 18.2 Å². The molecule has 2 aliphatic heterocycles. The van der Waals surface area contributed by atoms with Gasteiger partial charge in [-0.15, -0.1) is 0 Å². The van der Waals surface area contributed by atoms with Crippen LogP contribution in [0, 0.1) is 5.92 Å². The average Bonchev–Trinajstić information content (AvgIpc) is 2.84. The zero-order valence-corrected chi connectivity index (χ0v) is 19.3. The van der Waals surface area contributed by atoms with Crippen molar-refractivity contribution in [2.24, 2.45) is 5.92 Å². The van der Waals surface area contributed by atoms with Gasteiger partial charge in [-0.3, -0.25) is 9.62 Å². The first-order valence-corrected chi connectivity index (χ1v) is 12.8. The van der Waals surface area contributed by atoms with E-state index >= 15 is 0 Å². The highest BCUT2D eigenvalue weighted by atomic mass is 32.2. The van der Waals surface area contributed by atoms with Crippen LogP contribution in [-0.4, -0.2) is 75.3 Å². The van der Waals surface area contributed by atoms with E-state index in [2.05, 4.69) is 14.6 Å². The molecule has 0 spiro atoms. The molecular formula is C23H30N4O5S. The van der Waals surface area contributed by atoms with Crippen LogP contribution in [-0.2, 0) is 14.8 Å². The van der Waals surface area contributed by atoms with E-state index in [1.807, 2.05) is 4.90 Å². The number of hydrogen-bond donors (Lipinski definition) is 2. The van der Waals surface area contributed by atoms with Crippen LogP contribution in [0.25, 0.3) is 0 Å². The lowest BCUT2D eigenvalue weighted by Gasteiger charge is -2.35. The fourth-order valence-corrected chi connectivity index (χ4v) is 5.42. The maximum absolute atomic E-state index is 12.6. The normalized spacial score (nSPS) is 18.2. The van der Waals surface area contributed by atoms with E-state index in [1.54, 1.807) is 18.2 Å². The van der Waals surface area contributed by atoms with Crippen LogP contribution < -0.4 is 9.62 Å². The van der Waals surface area contributed by atoms with E-state index in [0.29, 0.717) is 11.7 Å². The first-order chi connectivity index (χ1) is 15.9. The van der Waals surface area contributed by atoms with Crippen molar-refractivity contribution in [3.63, 3.8) is 0 Å². The van der Waals surface area contributed by atoms with Gasteiger partial charge in [0.15, 0.2) is 0 Å². The topological polar surface area (TPSA) is 112 Å². The fraction of sp³-hybridized carbons (Fsp3) is 0.478. The summed E-state index contributed by atoms with van der Waals surface area (Å²) in [4.78, 5) is 20.8. The molecule has 3 heterocycles. The number of morpholine rings is 1. The number of hydrogen-bond acceptors (Lipinski definition) is 7. The van der Waals surface area contributed by atoms with Crippen molar-refractivity contribution in [1.29, 1.82) is 0 Å². The summed E-state index contributed by atoms with van der Waals surface area (Å²) in [6, 6.07) is 9.28. The van der Waals surface area contributed by atoms with E-state index in [4.69, 9.17) is 4.74 Å². The van der Waals surface area contributed by atoms with Gasteiger partial charge in [0.25, 0.3) is 10.0 Å². The first-order valence-electron chi connectivity index (χ1n) is 11.3. The minimum absolute atomic E-state index is 0.00460. The van der Waals surface area contributed by atoms with Crippen molar-refractivity contribution >= 4 is 27.5 Å². The molecule has 2 aliphatic rings. The molecule has 33 heavy (non-hydrogen) atoms. The number of aromatic nitrogens is 1.